The topological polar surface area (TPSA) is 43.3 Å². The number of aryl methyl sites for hydroxylation is 1. The molecule has 1 atom stereocenters. The van der Waals surface area contributed by atoms with Crippen LogP contribution >= 0.6 is 11.6 Å². The summed E-state index contributed by atoms with van der Waals surface area (Å²) >= 11 is 6.22. The molecule has 1 unspecified atom stereocenters. The maximum Gasteiger partial charge on any atom is 0.251 e. The molecule has 6 heteroatoms. The lowest BCUT2D eigenvalue weighted by Crippen LogP contribution is -2.26. The van der Waals surface area contributed by atoms with Crippen LogP contribution in [0.5, 0.6) is 5.75 Å². The number of ether oxygens (including phenoxy) is 1. The fraction of sp³-hybridized carbons (Fsp3) is 0.323. The van der Waals surface area contributed by atoms with Crippen LogP contribution in [0.25, 0.3) is 10.9 Å². The summed E-state index contributed by atoms with van der Waals surface area (Å²) in [6, 6.07) is 17.3. The number of rotatable bonds is 8. The minimum absolute atomic E-state index is 0.00260. The number of hydrogen-bond acceptors (Lipinski definition) is 2. The first-order valence-corrected chi connectivity index (χ1v) is 13.1. The quantitative estimate of drug-likeness (QED) is 0.255. The Bertz CT molecular complexity index is 1460. The van der Waals surface area contributed by atoms with Gasteiger partial charge in [0.2, 0.25) is 0 Å². The summed E-state index contributed by atoms with van der Waals surface area (Å²) in [7, 11) is 0. The Morgan fingerprint density at radius 3 is 2.49 bits per heavy atom. The number of carbonyl (C=O) groups excluding carboxylic acids is 1. The fourth-order valence-electron chi connectivity index (χ4n) is 4.68. The SMILES string of the molecule is CCOc1ccc(Cn2c(C)c(C)c3cc(C(=O)NC(C)c4cccc(C(C)C)c4)ccc32)c(F)c1Cl. The molecule has 4 nitrogen and oxygen atoms in total. The number of aromatic nitrogens is 1. The molecule has 3 aromatic carbocycles. The van der Waals surface area contributed by atoms with Crippen molar-refractivity contribution in [3.05, 3.63) is 98.9 Å². The molecule has 0 bridgehead atoms. The number of benzene rings is 3. The Hall–Kier alpha value is -3.31. The molecule has 1 aromatic heterocycles. The average molecular weight is 521 g/mol. The predicted octanol–water partition coefficient (Wildman–Crippen LogP) is 8.11. The van der Waals surface area contributed by atoms with Crippen molar-refractivity contribution in [1.82, 2.24) is 9.88 Å². The van der Waals surface area contributed by atoms with Crippen molar-refractivity contribution >= 4 is 28.4 Å². The van der Waals surface area contributed by atoms with Crippen molar-refractivity contribution in [1.29, 1.82) is 0 Å². The summed E-state index contributed by atoms with van der Waals surface area (Å²) in [6.07, 6.45) is 0. The monoisotopic (exact) mass is 520 g/mol. The molecule has 1 amide bonds. The van der Waals surface area contributed by atoms with Gasteiger partial charge in [-0.2, -0.15) is 0 Å². The number of halogens is 2. The molecule has 0 aliphatic carbocycles. The van der Waals surface area contributed by atoms with Crippen LogP contribution in [0.3, 0.4) is 0 Å². The number of amides is 1. The van der Waals surface area contributed by atoms with E-state index in [0.29, 0.717) is 35.9 Å². The Morgan fingerprint density at radius 1 is 1.05 bits per heavy atom. The predicted molar refractivity (Wildman–Crippen MR) is 150 cm³/mol. The van der Waals surface area contributed by atoms with E-state index >= 15 is 4.39 Å². The van der Waals surface area contributed by atoms with Gasteiger partial charge in [-0.15, -0.1) is 0 Å². The van der Waals surface area contributed by atoms with Gasteiger partial charge in [-0.05, 0) is 74.6 Å². The molecule has 4 aromatic rings. The second-order valence-corrected chi connectivity index (χ2v) is 10.2. The van der Waals surface area contributed by atoms with Crippen LogP contribution in [0.15, 0.2) is 54.6 Å². The molecule has 4 rings (SSSR count). The van der Waals surface area contributed by atoms with E-state index in [9.17, 15) is 4.79 Å². The Morgan fingerprint density at radius 2 is 1.78 bits per heavy atom. The molecule has 194 valence electrons. The highest BCUT2D eigenvalue weighted by Gasteiger charge is 2.19. The molecule has 0 radical (unpaired) electrons. The minimum atomic E-state index is -0.474. The normalized spacial score (nSPS) is 12.2. The number of nitrogens with one attached hydrogen (secondary N) is 1. The van der Waals surface area contributed by atoms with Crippen LogP contribution in [-0.4, -0.2) is 17.1 Å². The zero-order valence-electron chi connectivity index (χ0n) is 22.3. The van der Waals surface area contributed by atoms with E-state index < -0.39 is 5.82 Å². The highest BCUT2D eigenvalue weighted by Crippen LogP contribution is 2.32. The molecule has 0 fully saturated rings. The van der Waals surface area contributed by atoms with Crippen molar-refractivity contribution in [2.75, 3.05) is 6.61 Å². The van der Waals surface area contributed by atoms with Crippen LogP contribution in [0.1, 0.15) is 78.0 Å². The molecule has 1 heterocycles. The largest absolute Gasteiger partial charge is 0.492 e. The van der Waals surface area contributed by atoms with Crippen LogP contribution in [0.2, 0.25) is 5.02 Å². The Labute approximate surface area is 223 Å². The highest BCUT2D eigenvalue weighted by atomic mass is 35.5. The highest BCUT2D eigenvalue weighted by molar-refractivity contribution is 6.32. The third kappa shape index (κ3) is 5.37. The number of nitrogens with zero attached hydrogens (tertiary/aromatic N) is 1. The fourth-order valence-corrected chi connectivity index (χ4v) is 4.92. The summed E-state index contributed by atoms with van der Waals surface area (Å²) in [5.41, 5.74) is 6.40. The first-order valence-electron chi connectivity index (χ1n) is 12.7. The van der Waals surface area contributed by atoms with Crippen molar-refractivity contribution in [2.45, 2.75) is 60.0 Å². The van der Waals surface area contributed by atoms with Gasteiger partial charge in [0, 0.05) is 27.7 Å². The van der Waals surface area contributed by atoms with Gasteiger partial charge >= 0.3 is 0 Å². The van der Waals surface area contributed by atoms with Crippen LogP contribution in [0, 0.1) is 19.7 Å². The van der Waals surface area contributed by atoms with E-state index in [1.165, 1.54) is 5.56 Å². The molecule has 0 saturated carbocycles. The molecule has 0 aliphatic rings. The molecular formula is C31H34ClFN2O2. The average Bonchev–Trinajstić information content (AvgIpc) is 3.12. The van der Waals surface area contributed by atoms with E-state index in [0.717, 1.165) is 27.7 Å². The minimum Gasteiger partial charge on any atom is -0.492 e. The summed E-state index contributed by atoms with van der Waals surface area (Å²) in [5, 5.41) is 4.10. The van der Waals surface area contributed by atoms with Gasteiger partial charge in [-0.25, -0.2) is 4.39 Å². The van der Waals surface area contributed by atoms with Gasteiger partial charge < -0.3 is 14.6 Å². The third-order valence-corrected chi connectivity index (χ3v) is 7.43. The van der Waals surface area contributed by atoms with E-state index in [2.05, 4.69) is 35.9 Å². The van der Waals surface area contributed by atoms with Crippen molar-refractivity contribution in [3.8, 4) is 5.75 Å². The zero-order valence-corrected chi connectivity index (χ0v) is 23.0. The summed E-state index contributed by atoms with van der Waals surface area (Å²) in [6.45, 7) is 12.9. The molecule has 1 N–H and O–H groups in total. The van der Waals surface area contributed by atoms with Crippen LogP contribution < -0.4 is 10.1 Å². The number of fused-ring (bicyclic) bond motifs is 1. The van der Waals surface area contributed by atoms with E-state index in [4.69, 9.17) is 16.3 Å². The lowest BCUT2D eigenvalue weighted by Gasteiger charge is -2.17. The maximum atomic E-state index is 15.0. The third-order valence-electron chi connectivity index (χ3n) is 7.08. The summed E-state index contributed by atoms with van der Waals surface area (Å²) < 4.78 is 22.5. The van der Waals surface area contributed by atoms with Gasteiger partial charge in [0.25, 0.3) is 5.91 Å². The summed E-state index contributed by atoms with van der Waals surface area (Å²) in [4.78, 5) is 13.2. The van der Waals surface area contributed by atoms with Crippen molar-refractivity contribution in [2.24, 2.45) is 0 Å². The van der Waals surface area contributed by atoms with Crippen molar-refractivity contribution in [3.63, 3.8) is 0 Å². The zero-order chi connectivity index (χ0) is 26.9. The summed E-state index contributed by atoms with van der Waals surface area (Å²) in [5.74, 6) is 0.167. The van der Waals surface area contributed by atoms with E-state index in [-0.39, 0.29) is 17.0 Å². The van der Waals surface area contributed by atoms with Gasteiger partial charge in [0.05, 0.1) is 19.2 Å². The van der Waals surface area contributed by atoms with Crippen LogP contribution in [0.4, 0.5) is 4.39 Å². The molecule has 0 aliphatic heterocycles. The first kappa shape index (κ1) is 26.7. The second kappa shape index (κ2) is 11.0. The van der Waals surface area contributed by atoms with Gasteiger partial charge in [-0.1, -0.05) is 55.8 Å². The second-order valence-electron chi connectivity index (χ2n) is 9.83. The number of carbonyl (C=O) groups is 1. The van der Waals surface area contributed by atoms with E-state index in [1.807, 2.05) is 58.0 Å². The van der Waals surface area contributed by atoms with Gasteiger partial charge in [-0.3, -0.25) is 4.79 Å². The molecule has 37 heavy (non-hydrogen) atoms. The molecular weight excluding hydrogens is 487 g/mol. The lowest BCUT2D eigenvalue weighted by molar-refractivity contribution is 0.0940. The molecule has 0 saturated heterocycles. The maximum absolute atomic E-state index is 15.0. The smallest absolute Gasteiger partial charge is 0.251 e. The van der Waals surface area contributed by atoms with Gasteiger partial charge in [0.15, 0.2) is 5.82 Å². The van der Waals surface area contributed by atoms with Crippen molar-refractivity contribution < 1.29 is 13.9 Å². The Kier molecular flexibility index (Phi) is 7.93. The van der Waals surface area contributed by atoms with E-state index in [1.54, 1.807) is 12.1 Å². The number of hydrogen-bond donors (Lipinski definition) is 1. The van der Waals surface area contributed by atoms with Gasteiger partial charge in [0.1, 0.15) is 10.8 Å². The van der Waals surface area contributed by atoms with Crippen LogP contribution in [-0.2, 0) is 6.54 Å². The standard InChI is InChI=1S/C31H34ClFN2O2/c1-7-37-28-14-12-25(30(33)29(28)32)17-35-21(6)19(4)26-16-24(11-13-27(26)35)31(36)34-20(5)23-10-8-9-22(15-23)18(2)3/h8-16,18,20H,7,17H2,1-6H3,(H,34,36). The first-order chi connectivity index (χ1) is 17.6. The lowest BCUT2D eigenvalue weighted by atomic mass is 9.98. The Balaban J connectivity index is 1.60. The molecule has 0 spiro atoms.